The first kappa shape index (κ1) is 9.73. The summed E-state index contributed by atoms with van der Waals surface area (Å²) in [6, 6.07) is 3.34. The predicted molar refractivity (Wildman–Crippen MR) is 58.0 cm³/mol. The highest BCUT2D eigenvalue weighted by Gasteiger charge is 2.02. The number of halogens is 1. The summed E-state index contributed by atoms with van der Waals surface area (Å²) in [5.41, 5.74) is 6.14. The average Bonchev–Trinajstić information content (AvgIpc) is 2.22. The van der Waals surface area contributed by atoms with E-state index in [1.165, 1.54) is 12.4 Å². The van der Waals surface area contributed by atoms with Gasteiger partial charge >= 0.3 is 0 Å². The number of hydrogen-bond donors (Lipinski definition) is 1. The van der Waals surface area contributed by atoms with Crippen LogP contribution in [0.15, 0.2) is 36.9 Å². The molecule has 2 aromatic heterocycles. The van der Waals surface area contributed by atoms with E-state index in [2.05, 4.69) is 9.97 Å². The van der Waals surface area contributed by atoms with Crippen molar-refractivity contribution in [3.05, 3.63) is 41.9 Å². The van der Waals surface area contributed by atoms with Gasteiger partial charge in [0.25, 0.3) is 0 Å². The van der Waals surface area contributed by atoms with Gasteiger partial charge in [-0.05, 0) is 0 Å². The molecule has 15 heavy (non-hydrogen) atoms. The molecule has 0 atom stereocenters. The quantitative estimate of drug-likeness (QED) is 0.847. The maximum atomic E-state index is 5.76. The number of pyridine rings is 2. The van der Waals surface area contributed by atoms with E-state index in [0.717, 1.165) is 0 Å². The van der Waals surface area contributed by atoms with Gasteiger partial charge in [0.15, 0.2) is 5.75 Å². The molecule has 2 N–H and O–H groups in total. The zero-order valence-electron chi connectivity index (χ0n) is 7.72. The lowest BCUT2D eigenvalue weighted by Gasteiger charge is -2.06. The third-order valence-electron chi connectivity index (χ3n) is 1.72. The van der Waals surface area contributed by atoms with Crippen LogP contribution < -0.4 is 10.5 Å². The van der Waals surface area contributed by atoms with Gasteiger partial charge in [0.05, 0.1) is 23.1 Å². The van der Waals surface area contributed by atoms with E-state index in [9.17, 15) is 0 Å². The van der Waals surface area contributed by atoms with Gasteiger partial charge in [-0.2, -0.15) is 0 Å². The third kappa shape index (κ3) is 2.35. The van der Waals surface area contributed by atoms with Gasteiger partial charge in [-0.15, -0.1) is 0 Å². The maximum absolute atomic E-state index is 5.76. The monoisotopic (exact) mass is 221 g/mol. The minimum atomic E-state index is 0.470. The van der Waals surface area contributed by atoms with Crippen LogP contribution in [-0.2, 0) is 0 Å². The van der Waals surface area contributed by atoms with Crippen LogP contribution >= 0.6 is 11.6 Å². The first-order valence-electron chi connectivity index (χ1n) is 4.23. The van der Waals surface area contributed by atoms with E-state index in [-0.39, 0.29) is 0 Å². The number of aromatic nitrogens is 2. The summed E-state index contributed by atoms with van der Waals surface area (Å²) >= 11 is 5.76. The Morgan fingerprint density at radius 2 is 2.07 bits per heavy atom. The van der Waals surface area contributed by atoms with Crippen molar-refractivity contribution in [2.75, 3.05) is 5.73 Å². The molecule has 0 unspecified atom stereocenters. The molecular formula is C10H8ClN3O. The molecule has 0 aliphatic rings. The van der Waals surface area contributed by atoms with Crippen LogP contribution in [0.5, 0.6) is 11.5 Å². The van der Waals surface area contributed by atoms with Crippen molar-refractivity contribution in [3.8, 4) is 11.5 Å². The van der Waals surface area contributed by atoms with Crippen molar-refractivity contribution in [3.63, 3.8) is 0 Å². The number of anilines is 1. The third-order valence-corrected chi connectivity index (χ3v) is 1.92. The summed E-state index contributed by atoms with van der Waals surface area (Å²) < 4.78 is 5.48. The van der Waals surface area contributed by atoms with Crippen molar-refractivity contribution in [2.24, 2.45) is 0 Å². The number of nitrogens with two attached hydrogens (primary N) is 1. The van der Waals surface area contributed by atoms with Gasteiger partial charge in [0, 0.05) is 24.5 Å². The number of nitrogen functional groups attached to an aromatic ring is 1. The molecule has 0 aliphatic carbocycles. The largest absolute Gasteiger partial charge is 0.453 e. The highest BCUT2D eigenvalue weighted by molar-refractivity contribution is 6.30. The zero-order valence-corrected chi connectivity index (χ0v) is 8.48. The van der Waals surface area contributed by atoms with Crippen LogP contribution in [0.25, 0.3) is 0 Å². The van der Waals surface area contributed by atoms with Crippen LogP contribution in [0.3, 0.4) is 0 Å². The summed E-state index contributed by atoms with van der Waals surface area (Å²) in [5, 5.41) is 0.514. The molecule has 2 aromatic rings. The fourth-order valence-corrected chi connectivity index (χ4v) is 1.23. The Bertz CT molecular complexity index is 476. The second-order valence-electron chi connectivity index (χ2n) is 2.85. The Morgan fingerprint density at radius 3 is 2.80 bits per heavy atom. The smallest absolute Gasteiger partial charge is 0.153 e. The van der Waals surface area contributed by atoms with Gasteiger partial charge in [0.2, 0.25) is 0 Å². The van der Waals surface area contributed by atoms with Crippen LogP contribution in [-0.4, -0.2) is 9.97 Å². The van der Waals surface area contributed by atoms with Crippen molar-refractivity contribution in [2.45, 2.75) is 0 Å². The lowest BCUT2D eigenvalue weighted by molar-refractivity contribution is 0.482. The van der Waals surface area contributed by atoms with Gasteiger partial charge in [0.1, 0.15) is 5.75 Å². The SMILES string of the molecule is Nc1cnccc1Oc1cncc(Cl)c1. The molecule has 0 saturated carbocycles. The van der Waals surface area contributed by atoms with E-state index in [0.29, 0.717) is 22.2 Å². The summed E-state index contributed by atoms with van der Waals surface area (Å²) in [6.07, 6.45) is 6.22. The predicted octanol–water partition coefficient (Wildman–Crippen LogP) is 2.50. The van der Waals surface area contributed by atoms with Gasteiger partial charge in [-0.1, -0.05) is 11.6 Å². The number of ether oxygens (including phenoxy) is 1. The molecule has 0 amide bonds. The highest BCUT2D eigenvalue weighted by Crippen LogP contribution is 2.26. The Balaban J connectivity index is 2.26. The van der Waals surface area contributed by atoms with Crippen molar-refractivity contribution in [1.29, 1.82) is 0 Å². The Labute approximate surface area is 91.7 Å². The molecule has 0 saturated heterocycles. The van der Waals surface area contributed by atoms with Crippen LogP contribution in [0, 0.1) is 0 Å². The molecule has 0 bridgehead atoms. The van der Waals surface area contributed by atoms with E-state index in [1.807, 2.05) is 0 Å². The summed E-state index contributed by atoms with van der Waals surface area (Å²) in [6.45, 7) is 0. The number of nitrogens with zero attached hydrogens (tertiary/aromatic N) is 2. The standard InChI is InChI=1S/C10H8ClN3O/c11-7-3-8(5-14-4-7)15-10-1-2-13-6-9(10)12/h1-6H,12H2. The molecule has 4 nitrogen and oxygen atoms in total. The van der Waals surface area contributed by atoms with Crippen molar-refractivity contribution >= 4 is 17.3 Å². The number of hydrogen-bond acceptors (Lipinski definition) is 4. The van der Waals surface area contributed by atoms with Crippen LogP contribution in [0.2, 0.25) is 5.02 Å². The van der Waals surface area contributed by atoms with Crippen molar-refractivity contribution in [1.82, 2.24) is 9.97 Å². The molecule has 0 aromatic carbocycles. The molecule has 0 spiro atoms. The zero-order chi connectivity index (χ0) is 10.7. The molecular weight excluding hydrogens is 214 g/mol. The topological polar surface area (TPSA) is 61.0 Å². The molecule has 5 heteroatoms. The van der Waals surface area contributed by atoms with E-state index >= 15 is 0 Å². The minimum absolute atomic E-state index is 0.470. The Kier molecular flexibility index (Phi) is 2.69. The van der Waals surface area contributed by atoms with E-state index in [4.69, 9.17) is 22.1 Å². The normalized spacial score (nSPS) is 9.93. The second kappa shape index (κ2) is 4.14. The lowest BCUT2D eigenvalue weighted by Crippen LogP contribution is -1.92. The van der Waals surface area contributed by atoms with Gasteiger partial charge in [-0.3, -0.25) is 9.97 Å². The fraction of sp³-hybridized carbons (Fsp3) is 0. The average molecular weight is 222 g/mol. The second-order valence-corrected chi connectivity index (χ2v) is 3.29. The highest BCUT2D eigenvalue weighted by atomic mass is 35.5. The summed E-state index contributed by atoms with van der Waals surface area (Å²) in [4.78, 5) is 7.75. The number of rotatable bonds is 2. The molecule has 76 valence electrons. The molecule has 2 rings (SSSR count). The van der Waals surface area contributed by atoms with Gasteiger partial charge in [-0.25, -0.2) is 0 Å². The molecule has 2 heterocycles. The molecule has 0 aliphatic heterocycles. The van der Waals surface area contributed by atoms with E-state index in [1.54, 1.807) is 24.5 Å². The summed E-state index contributed by atoms with van der Waals surface area (Å²) in [5.74, 6) is 1.08. The Hall–Kier alpha value is -1.81. The summed E-state index contributed by atoms with van der Waals surface area (Å²) in [7, 11) is 0. The first-order chi connectivity index (χ1) is 7.25. The van der Waals surface area contributed by atoms with Gasteiger partial charge < -0.3 is 10.5 Å². The lowest BCUT2D eigenvalue weighted by atomic mass is 10.4. The first-order valence-corrected chi connectivity index (χ1v) is 4.61. The van der Waals surface area contributed by atoms with E-state index < -0.39 is 0 Å². The minimum Gasteiger partial charge on any atom is -0.453 e. The van der Waals surface area contributed by atoms with Crippen LogP contribution in [0.1, 0.15) is 0 Å². The Morgan fingerprint density at radius 1 is 1.20 bits per heavy atom. The fourth-order valence-electron chi connectivity index (χ4n) is 1.06. The maximum Gasteiger partial charge on any atom is 0.153 e. The van der Waals surface area contributed by atoms with Crippen molar-refractivity contribution < 1.29 is 4.74 Å². The van der Waals surface area contributed by atoms with Crippen LogP contribution in [0.4, 0.5) is 5.69 Å². The molecule has 0 radical (unpaired) electrons. The molecule has 0 fully saturated rings.